The van der Waals surface area contributed by atoms with E-state index in [1.54, 1.807) is 0 Å². The molecule has 0 saturated heterocycles. The standard InChI is InChI=1S/C7H6F4N2/c8-5-2-1-3-12-6(5)13-4-7(9,10)11/h1-3H,4H2,(H,12,13). The van der Waals surface area contributed by atoms with E-state index < -0.39 is 18.5 Å². The van der Waals surface area contributed by atoms with Crippen molar-refractivity contribution < 1.29 is 17.6 Å². The van der Waals surface area contributed by atoms with E-state index in [2.05, 4.69) is 4.98 Å². The lowest BCUT2D eigenvalue weighted by Gasteiger charge is -2.08. The molecule has 0 bridgehead atoms. The molecule has 0 aromatic carbocycles. The highest BCUT2D eigenvalue weighted by molar-refractivity contribution is 5.35. The molecule has 2 nitrogen and oxygen atoms in total. The fourth-order valence-electron chi connectivity index (χ4n) is 0.700. The summed E-state index contributed by atoms with van der Waals surface area (Å²) in [5, 5.41) is 1.84. The molecule has 0 unspecified atom stereocenters. The minimum absolute atomic E-state index is 0.389. The summed E-state index contributed by atoms with van der Waals surface area (Å²) >= 11 is 0. The van der Waals surface area contributed by atoms with Gasteiger partial charge in [-0.3, -0.25) is 0 Å². The Bertz CT molecular complexity index is 284. The van der Waals surface area contributed by atoms with Gasteiger partial charge in [0.2, 0.25) is 0 Å². The van der Waals surface area contributed by atoms with Gasteiger partial charge < -0.3 is 5.32 Å². The molecule has 1 heterocycles. The number of rotatable bonds is 2. The first-order valence-electron chi connectivity index (χ1n) is 3.40. The van der Waals surface area contributed by atoms with E-state index in [1.807, 2.05) is 5.32 Å². The van der Waals surface area contributed by atoms with E-state index in [9.17, 15) is 17.6 Å². The predicted octanol–water partition coefficient (Wildman–Crippen LogP) is 2.19. The number of halogens is 4. The van der Waals surface area contributed by atoms with E-state index in [4.69, 9.17) is 0 Å². The Morgan fingerprint density at radius 1 is 1.38 bits per heavy atom. The third kappa shape index (κ3) is 3.27. The topological polar surface area (TPSA) is 24.9 Å². The van der Waals surface area contributed by atoms with E-state index in [-0.39, 0.29) is 5.82 Å². The lowest BCUT2D eigenvalue weighted by atomic mass is 10.4. The third-order valence-electron chi connectivity index (χ3n) is 1.21. The second kappa shape index (κ2) is 3.59. The van der Waals surface area contributed by atoms with E-state index >= 15 is 0 Å². The van der Waals surface area contributed by atoms with Gasteiger partial charge in [-0.2, -0.15) is 13.2 Å². The Labute approximate surface area is 71.6 Å². The monoisotopic (exact) mass is 194 g/mol. The number of hydrogen-bond donors (Lipinski definition) is 1. The van der Waals surface area contributed by atoms with Crippen LogP contribution in [0, 0.1) is 5.82 Å². The van der Waals surface area contributed by atoms with Gasteiger partial charge in [-0.05, 0) is 12.1 Å². The van der Waals surface area contributed by atoms with Crippen LogP contribution < -0.4 is 5.32 Å². The molecule has 1 aromatic rings. The van der Waals surface area contributed by atoms with Crippen LogP contribution in [0.15, 0.2) is 18.3 Å². The molecule has 6 heteroatoms. The molecule has 0 amide bonds. The van der Waals surface area contributed by atoms with Crippen molar-refractivity contribution in [2.24, 2.45) is 0 Å². The Hall–Kier alpha value is -1.33. The molecule has 0 fully saturated rings. The minimum Gasteiger partial charge on any atom is -0.359 e. The normalized spacial score (nSPS) is 11.4. The van der Waals surface area contributed by atoms with Gasteiger partial charge >= 0.3 is 6.18 Å². The molecule has 0 saturated carbocycles. The van der Waals surface area contributed by atoms with Gasteiger partial charge in [0, 0.05) is 6.20 Å². The van der Waals surface area contributed by atoms with E-state index in [0.29, 0.717) is 0 Å². The van der Waals surface area contributed by atoms with Gasteiger partial charge in [0.25, 0.3) is 0 Å². The molecular weight excluding hydrogens is 188 g/mol. The van der Waals surface area contributed by atoms with Gasteiger partial charge in [0.05, 0.1) is 0 Å². The maximum Gasteiger partial charge on any atom is 0.405 e. The number of nitrogens with one attached hydrogen (secondary N) is 1. The van der Waals surface area contributed by atoms with Crippen molar-refractivity contribution in [3.63, 3.8) is 0 Å². The first-order chi connectivity index (χ1) is 5.99. The average molecular weight is 194 g/mol. The average Bonchev–Trinajstić information content (AvgIpc) is 2.01. The highest BCUT2D eigenvalue weighted by Crippen LogP contribution is 2.16. The van der Waals surface area contributed by atoms with E-state index in [1.165, 1.54) is 12.3 Å². The molecular formula is C7H6F4N2. The Kier molecular flexibility index (Phi) is 2.69. The van der Waals surface area contributed by atoms with Gasteiger partial charge in [-0.15, -0.1) is 0 Å². The predicted molar refractivity (Wildman–Crippen MR) is 38.7 cm³/mol. The fraction of sp³-hybridized carbons (Fsp3) is 0.286. The summed E-state index contributed by atoms with van der Waals surface area (Å²) in [4.78, 5) is 3.40. The molecule has 1 rings (SSSR count). The SMILES string of the molecule is Fc1cccnc1NCC(F)(F)F. The van der Waals surface area contributed by atoms with Crippen LogP contribution in [0.25, 0.3) is 0 Å². The molecule has 0 aliphatic heterocycles. The van der Waals surface area contributed by atoms with Crippen molar-refractivity contribution in [2.45, 2.75) is 6.18 Å². The van der Waals surface area contributed by atoms with Crippen molar-refractivity contribution in [1.29, 1.82) is 0 Å². The number of anilines is 1. The number of aromatic nitrogens is 1. The van der Waals surface area contributed by atoms with Crippen LogP contribution in [-0.2, 0) is 0 Å². The van der Waals surface area contributed by atoms with Gasteiger partial charge in [0.15, 0.2) is 11.6 Å². The quantitative estimate of drug-likeness (QED) is 0.730. The number of nitrogens with zero attached hydrogens (tertiary/aromatic N) is 1. The minimum atomic E-state index is -4.37. The number of alkyl halides is 3. The highest BCUT2D eigenvalue weighted by Gasteiger charge is 2.27. The summed E-state index contributed by atoms with van der Waals surface area (Å²) in [6.07, 6.45) is -3.16. The van der Waals surface area contributed by atoms with E-state index in [0.717, 1.165) is 6.07 Å². The van der Waals surface area contributed by atoms with Crippen molar-refractivity contribution in [2.75, 3.05) is 11.9 Å². The maximum atomic E-state index is 12.7. The molecule has 13 heavy (non-hydrogen) atoms. The van der Waals surface area contributed by atoms with Crippen molar-refractivity contribution in [3.05, 3.63) is 24.1 Å². The van der Waals surface area contributed by atoms with Crippen LogP contribution in [0.4, 0.5) is 23.4 Å². The van der Waals surface area contributed by atoms with Crippen LogP contribution in [0.1, 0.15) is 0 Å². The summed E-state index contributed by atoms with van der Waals surface area (Å²) < 4.78 is 47.7. The lowest BCUT2D eigenvalue weighted by Crippen LogP contribution is -2.22. The number of hydrogen-bond acceptors (Lipinski definition) is 2. The zero-order chi connectivity index (χ0) is 9.90. The largest absolute Gasteiger partial charge is 0.405 e. The second-order valence-electron chi connectivity index (χ2n) is 2.30. The van der Waals surface area contributed by atoms with Crippen LogP contribution in [0.5, 0.6) is 0 Å². The summed E-state index contributed by atoms with van der Waals surface area (Å²) in [6, 6.07) is 2.33. The smallest absolute Gasteiger partial charge is 0.359 e. The van der Waals surface area contributed by atoms with Gasteiger partial charge in [-0.25, -0.2) is 9.37 Å². The molecule has 0 aliphatic rings. The maximum absolute atomic E-state index is 12.7. The Balaban J connectivity index is 2.60. The van der Waals surface area contributed by atoms with Crippen molar-refractivity contribution in [1.82, 2.24) is 4.98 Å². The van der Waals surface area contributed by atoms with Crippen molar-refractivity contribution >= 4 is 5.82 Å². The van der Waals surface area contributed by atoms with Crippen LogP contribution in [-0.4, -0.2) is 17.7 Å². The summed E-state index contributed by atoms with van der Waals surface area (Å²) in [5.74, 6) is -1.19. The summed E-state index contributed by atoms with van der Waals surface area (Å²) in [6.45, 7) is -1.29. The Morgan fingerprint density at radius 3 is 2.62 bits per heavy atom. The first kappa shape index (κ1) is 9.76. The molecule has 0 aliphatic carbocycles. The van der Waals surface area contributed by atoms with Crippen LogP contribution in [0.2, 0.25) is 0 Å². The van der Waals surface area contributed by atoms with Gasteiger partial charge in [0.1, 0.15) is 6.54 Å². The molecule has 0 spiro atoms. The highest BCUT2D eigenvalue weighted by atomic mass is 19.4. The molecule has 1 aromatic heterocycles. The zero-order valence-corrected chi connectivity index (χ0v) is 6.40. The molecule has 0 atom stereocenters. The number of pyridine rings is 1. The summed E-state index contributed by atoms with van der Waals surface area (Å²) in [5.41, 5.74) is 0. The van der Waals surface area contributed by atoms with Crippen LogP contribution >= 0.6 is 0 Å². The zero-order valence-electron chi connectivity index (χ0n) is 6.40. The second-order valence-corrected chi connectivity index (χ2v) is 2.30. The van der Waals surface area contributed by atoms with Crippen molar-refractivity contribution in [3.8, 4) is 0 Å². The third-order valence-corrected chi connectivity index (χ3v) is 1.21. The molecule has 72 valence electrons. The van der Waals surface area contributed by atoms with Crippen LogP contribution in [0.3, 0.4) is 0 Å². The molecule has 0 radical (unpaired) electrons. The fourth-order valence-corrected chi connectivity index (χ4v) is 0.700. The van der Waals surface area contributed by atoms with Gasteiger partial charge in [-0.1, -0.05) is 0 Å². The summed E-state index contributed by atoms with van der Waals surface area (Å²) in [7, 11) is 0. The Morgan fingerprint density at radius 2 is 2.08 bits per heavy atom. The lowest BCUT2D eigenvalue weighted by molar-refractivity contribution is -0.115. The molecule has 1 N–H and O–H groups in total. The first-order valence-corrected chi connectivity index (χ1v) is 3.40.